The molecule has 0 amide bonds. The minimum absolute atomic E-state index is 0.594. The van der Waals surface area contributed by atoms with E-state index in [2.05, 4.69) is 13.8 Å². The van der Waals surface area contributed by atoms with Crippen LogP contribution in [0.5, 0.6) is 0 Å². The fourth-order valence-electron chi connectivity index (χ4n) is 2.05. The van der Waals surface area contributed by atoms with Crippen molar-refractivity contribution in [3.63, 3.8) is 0 Å². The first-order valence-corrected chi connectivity index (χ1v) is 10.6. The topological polar surface area (TPSA) is 35.5 Å². The Bertz CT molecular complexity index is 190. The summed E-state index contributed by atoms with van der Waals surface area (Å²) in [7, 11) is 0. The van der Waals surface area contributed by atoms with E-state index in [0.717, 1.165) is 12.8 Å². The summed E-state index contributed by atoms with van der Waals surface area (Å²) >= 11 is -2.45. The van der Waals surface area contributed by atoms with Crippen LogP contribution in [0.3, 0.4) is 0 Å². The summed E-state index contributed by atoms with van der Waals surface area (Å²) in [6.07, 6.45) is 14.7. The van der Waals surface area contributed by atoms with E-state index in [1.54, 1.807) is 0 Å². The fourth-order valence-corrected chi connectivity index (χ4v) is 3.26. The van der Waals surface area contributed by atoms with Crippen molar-refractivity contribution in [1.29, 1.82) is 0 Å². The summed E-state index contributed by atoms with van der Waals surface area (Å²) in [6, 6.07) is 0. The van der Waals surface area contributed by atoms with Crippen LogP contribution in [0.15, 0.2) is 0 Å². The third-order valence-corrected chi connectivity index (χ3v) is 4.86. The Labute approximate surface area is 130 Å². The molecule has 0 rings (SSSR count). The Morgan fingerprint density at radius 1 is 0.600 bits per heavy atom. The van der Waals surface area contributed by atoms with Crippen LogP contribution in [-0.2, 0) is 11.5 Å². The summed E-state index contributed by atoms with van der Waals surface area (Å²) in [5.74, 6) is 0. The van der Waals surface area contributed by atoms with Crippen LogP contribution in [-0.4, -0.2) is 27.7 Å². The zero-order valence-electron chi connectivity index (χ0n) is 13.5. The van der Waals surface area contributed by atoms with Gasteiger partial charge < -0.3 is 0 Å². The molecule has 0 spiro atoms. The van der Waals surface area contributed by atoms with Crippen molar-refractivity contribution in [3.8, 4) is 0 Å². The number of unbranched alkanes of at least 4 members (excludes halogenated alkanes) is 10. The van der Waals surface area contributed by atoms with Crippen molar-refractivity contribution in [2.24, 2.45) is 0 Å². The van der Waals surface area contributed by atoms with E-state index in [0.29, 0.717) is 13.2 Å². The molecule has 20 heavy (non-hydrogen) atoms. The quantitative estimate of drug-likeness (QED) is 0.284. The van der Waals surface area contributed by atoms with Crippen molar-refractivity contribution in [2.75, 3.05) is 13.2 Å². The minimum atomic E-state index is -2.45. The van der Waals surface area contributed by atoms with Crippen LogP contribution in [0, 0.1) is 0 Å². The van der Waals surface area contributed by atoms with Gasteiger partial charge in [-0.1, -0.05) is 0 Å². The normalized spacial score (nSPS) is 11.3. The van der Waals surface area contributed by atoms with E-state index >= 15 is 0 Å². The van der Waals surface area contributed by atoms with E-state index in [-0.39, 0.29) is 0 Å². The summed E-state index contributed by atoms with van der Waals surface area (Å²) in [6.45, 7) is 5.63. The molecule has 0 radical (unpaired) electrons. The number of hydrogen-bond donors (Lipinski definition) is 0. The molecule has 0 N–H and O–H groups in total. The number of hydrogen-bond acceptors (Lipinski definition) is 3. The molecule has 0 bridgehead atoms. The van der Waals surface area contributed by atoms with Crippen LogP contribution in [0.4, 0.5) is 0 Å². The van der Waals surface area contributed by atoms with E-state index < -0.39 is 14.5 Å². The maximum atomic E-state index is 11.5. The molecule has 0 aromatic heterocycles. The van der Waals surface area contributed by atoms with Crippen LogP contribution in [0.25, 0.3) is 0 Å². The van der Waals surface area contributed by atoms with Gasteiger partial charge in [0.15, 0.2) is 0 Å². The predicted molar refractivity (Wildman–Crippen MR) is 85.1 cm³/mol. The van der Waals surface area contributed by atoms with Gasteiger partial charge in [-0.2, -0.15) is 0 Å². The molecular formula is C16H34O3Se. The van der Waals surface area contributed by atoms with Crippen LogP contribution >= 0.6 is 0 Å². The Morgan fingerprint density at radius 3 is 1.35 bits per heavy atom. The van der Waals surface area contributed by atoms with Gasteiger partial charge in [-0.25, -0.2) is 0 Å². The Hall–Kier alpha value is 0.239. The molecule has 0 aliphatic carbocycles. The first kappa shape index (κ1) is 20.2. The molecule has 0 heterocycles. The molecule has 0 aromatic rings. The van der Waals surface area contributed by atoms with E-state index in [1.807, 2.05) is 0 Å². The van der Waals surface area contributed by atoms with Gasteiger partial charge >= 0.3 is 130 Å². The molecule has 0 atom stereocenters. The summed E-state index contributed by atoms with van der Waals surface area (Å²) in [5.41, 5.74) is 0. The summed E-state index contributed by atoms with van der Waals surface area (Å²) in [5, 5.41) is 0. The second-order valence-corrected chi connectivity index (χ2v) is 7.23. The molecule has 0 aliphatic heterocycles. The Morgan fingerprint density at radius 2 is 0.950 bits per heavy atom. The molecular weight excluding hydrogens is 319 g/mol. The second-order valence-electron chi connectivity index (χ2n) is 5.38. The Balaban J connectivity index is 3.13. The SMILES string of the molecule is CCCCCCCCO[Se](=O)OCCCCCCCC. The second kappa shape index (κ2) is 17.3. The molecule has 3 nitrogen and oxygen atoms in total. The average molecular weight is 353 g/mol. The van der Waals surface area contributed by atoms with Gasteiger partial charge in [0.2, 0.25) is 0 Å². The summed E-state index contributed by atoms with van der Waals surface area (Å²) < 4.78 is 22.0. The van der Waals surface area contributed by atoms with E-state index in [9.17, 15) is 3.83 Å². The van der Waals surface area contributed by atoms with Gasteiger partial charge in [-0.05, 0) is 0 Å². The Kier molecular flexibility index (Phi) is 17.5. The van der Waals surface area contributed by atoms with Crippen LogP contribution in [0.2, 0.25) is 0 Å². The first-order valence-electron chi connectivity index (χ1n) is 8.49. The van der Waals surface area contributed by atoms with Crippen molar-refractivity contribution in [2.45, 2.75) is 90.9 Å². The first-order chi connectivity index (χ1) is 9.81. The zero-order chi connectivity index (χ0) is 14.9. The van der Waals surface area contributed by atoms with Gasteiger partial charge in [-0.3, -0.25) is 0 Å². The van der Waals surface area contributed by atoms with E-state index in [1.165, 1.54) is 64.2 Å². The summed E-state index contributed by atoms with van der Waals surface area (Å²) in [4.78, 5) is 0. The molecule has 4 heteroatoms. The van der Waals surface area contributed by atoms with E-state index in [4.69, 9.17) is 7.64 Å². The van der Waals surface area contributed by atoms with Crippen molar-refractivity contribution in [1.82, 2.24) is 0 Å². The molecule has 0 saturated carbocycles. The van der Waals surface area contributed by atoms with Gasteiger partial charge in [-0.15, -0.1) is 0 Å². The fraction of sp³-hybridized carbons (Fsp3) is 1.00. The van der Waals surface area contributed by atoms with Crippen molar-refractivity contribution in [3.05, 3.63) is 0 Å². The van der Waals surface area contributed by atoms with Gasteiger partial charge in [0.1, 0.15) is 0 Å². The standard InChI is InChI=1S/C16H34O3Se/c1-3-5-7-9-11-13-15-18-20(17)19-16-14-12-10-8-6-4-2/h3-16H2,1-2H3. The van der Waals surface area contributed by atoms with Crippen molar-refractivity contribution < 1.29 is 11.5 Å². The predicted octanol–water partition coefficient (Wildman–Crippen LogP) is 5.16. The van der Waals surface area contributed by atoms with Crippen LogP contribution < -0.4 is 0 Å². The van der Waals surface area contributed by atoms with Gasteiger partial charge in [0, 0.05) is 0 Å². The third-order valence-electron chi connectivity index (χ3n) is 3.35. The monoisotopic (exact) mass is 354 g/mol. The maximum absolute atomic E-state index is 11.5. The molecule has 0 fully saturated rings. The number of rotatable bonds is 16. The average Bonchev–Trinajstić information content (AvgIpc) is 2.45. The molecule has 0 saturated heterocycles. The molecule has 0 aromatic carbocycles. The molecule has 122 valence electrons. The zero-order valence-corrected chi connectivity index (χ0v) is 15.2. The van der Waals surface area contributed by atoms with Crippen molar-refractivity contribution >= 4 is 14.5 Å². The third kappa shape index (κ3) is 16.3. The molecule has 0 unspecified atom stereocenters. The van der Waals surface area contributed by atoms with Gasteiger partial charge in [0.25, 0.3) is 0 Å². The molecule has 0 aliphatic rings. The van der Waals surface area contributed by atoms with Gasteiger partial charge in [0.05, 0.1) is 0 Å². The van der Waals surface area contributed by atoms with Crippen LogP contribution in [0.1, 0.15) is 90.9 Å².